The normalized spacial score (nSPS) is 17.9. The van der Waals surface area contributed by atoms with Gasteiger partial charge in [-0.15, -0.1) is 0 Å². The summed E-state index contributed by atoms with van der Waals surface area (Å²) in [7, 11) is 0. The van der Waals surface area contributed by atoms with Crippen LogP contribution in [0.1, 0.15) is 25.3 Å². The number of aromatic nitrogens is 1. The minimum Gasteiger partial charge on any atom is -0.367 e. The molecule has 2 fully saturated rings. The average molecular weight is 465 g/mol. The smallest absolute Gasteiger partial charge is 0.290 e. The molecule has 1 aromatic heterocycles. The van der Waals surface area contributed by atoms with Gasteiger partial charge in [0, 0.05) is 56.3 Å². The number of nitrogens with one attached hydrogen (secondary N) is 1. The van der Waals surface area contributed by atoms with E-state index in [9.17, 15) is 19.2 Å². The highest BCUT2D eigenvalue weighted by molar-refractivity contribution is 8.18. The third-order valence-corrected chi connectivity index (χ3v) is 6.40. The van der Waals surface area contributed by atoms with Crippen LogP contribution in [0.5, 0.6) is 0 Å². The SMILES string of the molecule is CC=CC(=O)CCC(=O)N1CCN(c2ccnc3ccc(C=C4SC(=O)NC4=O)cc23)CC1. The van der Waals surface area contributed by atoms with Gasteiger partial charge in [-0.3, -0.25) is 29.5 Å². The van der Waals surface area contributed by atoms with E-state index in [-0.39, 0.29) is 35.7 Å². The fraction of sp³-hybridized carbons (Fsp3) is 0.292. The lowest BCUT2D eigenvalue weighted by molar-refractivity contribution is -0.133. The predicted molar refractivity (Wildman–Crippen MR) is 129 cm³/mol. The van der Waals surface area contributed by atoms with Gasteiger partial charge in [-0.1, -0.05) is 12.1 Å². The molecule has 0 bridgehead atoms. The standard InChI is InChI=1S/C24H24N4O4S/c1-2-3-17(29)5-7-22(30)28-12-10-27(11-13-28)20-8-9-25-19-6-4-16(14-18(19)20)15-21-23(31)26-24(32)33-21/h2-4,6,8-9,14-15H,5,7,10-13H2,1H3,(H,26,31,32). The zero-order chi connectivity index (χ0) is 23.4. The zero-order valence-corrected chi connectivity index (χ0v) is 19.1. The summed E-state index contributed by atoms with van der Waals surface area (Å²) in [4.78, 5) is 56.3. The third-order valence-electron chi connectivity index (χ3n) is 5.59. The molecule has 3 heterocycles. The van der Waals surface area contributed by atoms with E-state index in [0.717, 1.165) is 33.9 Å². The quantitative estimate of drug-likeness (QED) is 0.656. The first-order valence-corrected chi connectivity index (χ1v) is 11.6. The van der Waals surface area contributed by atoms with Crippen LogP contribution >= 0.6 is 11.8 Å². The van der Waals surface area contributed by atoms with Crippen molar-refractivity contribution < 1.29 is 19.2 Å². The van der Waals surface area contributed by atoms with Gasteiger partial charge in [0.05, 0.1) is 10.4 Å². The minimum absolute atomic E-state index is 0.00267. The molecule has 1 aromatic carbocycles. The van der Waals surface area contributed by atoms with Crippen LogP contribution in [0.4, 0.5) is 10.5 Å². The number of benzene rings is 1. The molecule has 2 saturated heterocycles. The number of rotatable bonds is 6. The monoisotopic (exact) mass is 464 g/mol. The van der Waals surface area contributed by atoms with Gasteiger partial charge < -0.3 is 9.80 Å². The Kier molecular flexibility index (Phi) is 6.88. The number of amides is 3. The molecule has 0 saturated carbocycles. The van der Waals surface area contributed by atoms with E-state index in [4.69, 9.17) is 0 Å². The van der Waals surface area contributed by atoms with Gasteiger partial charge in [-0.25, -0.2) is 0 Å². The number of ketones is 1. The van der Waals surface area contributed by atoms with Crippen molar-refractivity contribution in [2.24, 2.45) is 0 Å². The fourth-order valence-electron chi connectivity index (χ4n) is 3.94. The summed E-state index contributed by atoms with van der Waals surface area (Å²) in [5, 5.41) is 2.84. The highest BCUT2D eigenvalue weighted by Crippen LogP contribution is 2.30. The van der Waals surface area contributed by atoms with E-state index in [2.05, 4.69) is 15.2 Å². The van der Waals surface area contributed by atoms with Crippen LogP contribution in [0.15, 0.2) is 47.5 Å². The molecule has 0 unspecified atom stereocenters. The van der Waals surface area contributed by atoms with Gasteiger partial charge in [0.15, 0.2) is 5.78 Å². The number of imide groups is 1. The van der Waals surface area contributed by atoms with Gasteiger partial charge in [0.25, 0.3) is 11.1 Å². The number of hydrogen-bond donors (Lipinski definition) is 1. The van der Waals surface area contributed by atoms with Crippen molar-refractivity contribution in [3.8, 4) is 0 Å². The van der Waals surface area contributed by atoms with Crippen molar-refractivity contribution >= 4 is 57.3 Å². The second-order valence-corrected chi connectivity index (χ2v) is 8.81. The van der Waals surface area contributed by atoms with Gasteiger partial charge in [0.2, 0.25) is 5.91 Å². The Morgan fingerprint density at radius 3 is 2.61 bits per heavy atom. The Bertz CT molecular complexity index is 1180. The maximum absolute atomic E-state index is 12.5. The first-order chi connectivity index (χ1) is 15.9. The molecule has 2 aliphatic rings. The number of carbonyl (C=O) groups excluding carboxylic acids is 4. The highest BCUT2D eigenvalue weighted by Gasteiger charge is 2.25. The largest absolute Gasteiger partial charge is 0.367 e. The van der Waals surface area contributed by atoms with E-state index >= 15 is 0 Å². The number of hydrogen-bond acceptors (Lipinski definition) is 7. The molecule has 9 heteroatoms. The average Bonchev–Trinajstić information content (AvgIpc) is 3.13. The van der Waals surface area contributed by atoms with Crippen LogP contribution in [0.25, 0.3) is 17.0 Å². The van der Waals surface area contributed by atoms with Crippen molar-refractivity contribution in [1.29, 1.82) is 0 Å². The molecule has 3 amide bonds. The molecule has 0 spiro atoms. The first-order valence-electron chi connectivity index (χ1n) is 10.8. The lowest BCUT2D eigenvalue weighted by Crippen LogP contribution is -2.48. The molecular formula is C24H24N4O4S. The number of carbonyl (C=O) groups is 4. The fourth-order valence-corrected chi connectivity index (χ4v) is 4.62. The number of pyridine rings is 1. The van der Waals surface area contributed by atoms with E-state index in [1.165, 1.54) is 6.08 Å². The molecular weight excluding hydrogens is 440 g/mol. The molecule has 1 N–H and O–H groups in total. The molecule has 2 aromatic rings. The predicted octanol–water partition coefficient (Wildman–Crippen LogP) is 3.13. The van der Waals surface area contributed by atoms with Crippen LogP contribution in [-0.4, -0.2) is 58.9 Å². The van der Waals surface area contributed by atoms with Crippen LogP contribution in [-0.2, 0) is 14.4 Å². The van der Waals surface area contributed by atoms with Crippen molar-refractivity contribution in [3.63, 3.8) is 0 Å². The summed E-state index contributed by atoms with van der Waals surface area (Å²) in [5.41, 5.74) is 2.65. The Balaban J connectivity index is 1.47. The van der Waals surface area contributed by atoms with Crippen molar-refractivity contribution in [2.45, 2.75) is 19.8 Å². The lowest BCUT2D eigenvalue weighted by Gasteiger charge is -2.36. The highest BCUT2D eigenvalue weighted by atomic mass is 32.2. The number of anilines is 1. The van der Waals surface area contributed by atoms with E-state index in [1.807, 2.05) is 29.2 Å². The molecule has 170 valence electrons. The number of piperazine rings is 1. The first kappa shape index (κ1) is 22.7. The number of allylic oxidation sites excluding steroid dienone is 2. The molecule has 8 nitrogen and oxygen atoms in total. The van der Waals surface area contributed by atoms with Crippen LogP contribution in [0.2, 0.25) is 0 Å². The van der Waals surface area contributed by atoms with Gasteiger partial charge in [0.1, 0.15) is 0 Å². The molecule has 0 radical (unpaired) electrons. The second-order valence-electron chi connectivity index (χ2n) is 7.79. The molecule has 0 atom stereocenters. The summed E-state index contributed by atoms with van der Waals surface area (Å²) in [6, 6.07) is 7.68. The molecule has 2 aliphatic heterocycles. The van der Waals surface area contributed by atoms with Gasteiger partial charge in [-0.2, -0.15) is 0 Å². The lowest BCUT2D eigenvalue weighted by atomic mass is 10.1. The summed E-state index contributed by atoms with van der Waals surface area (Å²) >= 11 is 0.891. The van der Waals surface area contributed by atoms with Crippen molar-refractivity contribution in [3.05, 3.63) is 53.1 Å². The number of nitrogens with zero attached hydrogens (tertiary/aromatic N) is 3. The van der Waals surface area contributed by atoms with Crippen LogP contribution < -0.4 is 10.2 Å². The zero-order valence-electron chi connectivity index (χ0n) is 18.2. The van der Waals surface area contributed by atoms with Gasteiger partial charge in [-0.05, 0) is 54.6 Å². The molecule has 33 heavy (non-hydrogen) atoms. The topological polar surface area (TPSA) is 99.7 Å². The number of thioether (sulfide) groups is 1. The summed E-state index contributed by atoms with van der Waals surface area (Å²) in [6.45, 7) is 4.30. The number of fused-ring (bicyclic) bond motifs is 1. The summed E-state index contributed by atoms with van der Waals surface area (Å²) in [6.07, 6.45) is 7.12. The maximum Gasteiger partial charge on any atom is 0.290 e. The van der Waals surface area contributed by atoms with Crippen molar-refractivity contribution in [1.82, 2.24) is 15.2 Å². The second kappa shape index (κ2) is 9.99. The minimum atomic E-state index is -0.385. The molecule has 4 rings (SSSR count). The summed E-state index contributed by atoms with van der Waals surface area (Å²) in [5.74, 6) is -0.413. The Hall–Kier alpha value is -3.46. The van der Waals surface area contributed by atoms with E-state index < -0.39 is 0 Å². The van der Waals surface area contributed by atoms with E-state index in [0.29, 0.717) is 31.1 Å². The molecule has 0 aliphatic carbocycles. The maximum atomic E-state index is 12.5. The van der Waals surface area contributed by atoms with Crippen LogP contribution in [0.3, 0.4) is 0 Å². The summed E-state index contributed by atoms with van der Waals surface area (Å²) < 4.78 is 0. The van der Waals surface area contributed by atoms with Crippen LogP contribution in [0, 0.1) is 0 Å². The van der Waals surface area contributed by atoms with Gasteiger partial charge >= 0.3 is 0 Å². The Morgan fingerprint density at radius 2 is 1.91 bits per heavy atom. The van der Waals surface area contributed by atoms with Crippen molar-refractivity contribution in [2.75, 3.05) is 31.1 Å². The van der Waals surface area contributed by atoms with E-state index in [1.54, 1.807) is 25.3 Å². The Labute approximate surface area is 195 Å². The Morgan fingerprint density at radius 1 is 1.12 bits per heavy atom. The third kappa shape index (κ3) is 5.31.